The monoisotopic (exact) mass is 425 g/mol. The van der Waals surface area contributed by atoms with E-state index in [1.165, 1.54) is 6.42 Å². The molecule has 5 aliphatic rings. The average Bonchev–Trinajstić information content (AvgIpc) is 2.87. The summed E-state index contributed by atoms with van der Waals surface area (Å²) in [5, 5.41) is 3.12. The van der Waals surface area contributed by atoms with Crippen molar-refractivity contribution >= 4 is 14.0 Å². The summed E-state index contributed by atoms with van der Waals surface area (Å²) in [6.45, 7) is 13.3. The third-order valence-electron chi connectivity index (χ3n) is 7.77. The van der Waals surface area contributed by atoms with Gasteiger partial charge in [0, 0.05) is 24.9 Å². The SMILES string of the molecule is C[C@H]1[C@@H](CCC(=O)NC[Si](C)(C)C)O[C@@H]2O[C@]3(C)CC[C@H]4[C@H](C)CC[C@@H]1[C@@]24OO3. The predicted molar refractivity (Wildman–Crippen MR) is 112 cm³/mol. The highest BCUT2D eigenvalue weighted by molar-refractivity contribution is 6.76. The minimum atomic E-state index is -1.29. The van der Waals surface area contributed by atoms with Crippen molar-refractivity contribution in [2.45, 2.75) is 103 Å². The van der Waals surface area contributed by atoms with Gasteiger partial charge in [-0.25, -0.2) is 9.78 Å². The van der Waals surface area contributed by atoms with Gasteiger partial charge in [0.15, 0.2) is 11.9 Å². The maximum Gasteiger partial charge on any atom is 0.219 e. The van der Waals surface area contributed by atoms with E-state index in [0.29, 0.717) is 30.1 Å². The zero-order chi connectivity index (χ0) is 21.0. The van der Waals surface area contributed by atoms with Gasteiger partial charge in [-0.15, -0.1) is 0 Å². The van der Waals surface area contributed by atoms with Crippen molar-refractivity contribution in [3.05, 3.63) is 0 Å². The molecule has 1 aliphatic carbocycles. The van der Waals surface area contributed by atoms with Crippen LogP contribution in [0.1, 0.15) is 59.3 Å². The van der Waals surface area contributed by atoms with Crippen LogP contribution >= 0.6 is 0 Å². The Labute approximate surface area is 176 Å². The van der Waals surface area contributed by atoms with E-state index in [1.54, 1.807) is 0 Å². The number of hydrogen-bond donors (Lipinski definition) is 1. The first-order chi connectivity index (χ1) is 13.5. The van der Waals surface area contributed by atoms with Crippen molar-refractivity contribution in [1.29, 1.82) is 0 Å². The van der Waals surface area contributed by atoms with Crippen LogP contribution in [0.3, 0.4) is 0 Å². The van der Waals surface area contributed by atoms with E-state index >= 15 is 0 Å². The fourth-order valence-electron chi connectivity index (χ4n) is 6.03. The Hall–Kier alpha value is -0.473. The fourth-order valence-corrected chi connectivity index (χ4v) is 6.76. The van der Waals surface area contributed by atoms with E-state index in [2.05, 4.69) is 38.8 Å². The topological polar surface area (TPSA) is 66.0 Å². The molecule has 4 saturated heterocycles. The smallest absolute Gasteiger partial charge is 0.219 e. The van der Waals surface area contributed by atoms with E-state index in [0.717, 1.165) is 31.9 Å². The van der Waals surface area contributed by atoms with E-state index in [4.69, 9.17) is 19.2 Å². The summed E-state index contributed by atoms with van der Waals surface area (Å²) in [5.41, 5.74) is -0.510. The third kappa shape index (κ3) is 3.93. The second-order valence-corrected chi connectivity index (χ2v) is 16.8. The number of rotatable bonds is 5. The summed E-state index contributed by atoms with van der Waals surface area (Å²) in [4.78, 5) is 24.4. The molecule has 0 unspecified atom stereocenters. The molecule has 2 bridgehead atoms. The molecule has 0 radical (unpaired) electrons. The van der Waals surface area contributed by atoms with Crippen LogP contribution in [0.25, 0.3) is 0 Å². The van der Waals surface area contributed by atoms with Gasteiger partial charge in [-0.2, -0.15) is 0 Å². The molecule has 1 spiro atoms. The Morgan fingerprint density at radius 1 is 1.10 bits per heavy atom. The van der Waals surface area contributed by atoms with Crippen LogP contribution in [-0.4, -0.2) is 43.9 Å². The number of carbonyl (C=O) groups is 1. The number of fused-ring (bicyclic) bond motifs is 2. The maximum absolute atomic E-state index is 12.4. The predicted octanol–water partition coefficient (Wildman–Crippen LogP) is 4.01. The highest BCUT2D eigenvalue weighted by Crippen LogP contribution is 2.60. The van der Waals surface area contributed by atoms with E-state index in [-0.39, 0.29) is 12.0 Å². The van der Waals surface area contributed by atoms with Crippen molar-refractivity contribution in [2.24, 2.45) is 23.7 Å². The lowest BCUT2D eigenvalue weighted by Crippen LogP contribution is -2.70. The number of carbonyl (C=O) groups excluding carboxylic acids is 1. The van der Waals surface area contributed by atoms with Crippen molar-refractivity contribution in [3.8, 4) is 0 Å². The quantitative estimate of drug-likeness (QED) is 0.532. The second-order valence-electron chi connectivity index (χ2n) is 11.3. The molecule has 0 aromatic carbocycles. The number of amides is 1. The first-order valence-corrected chi connectivity index (χ1v) is 15.2. The molecule has 0 aromatic rings. The van der Waals surface area contributed by atoms with E-state index in [1.807, 2.05) is 6.92 Å². The highest BCUT2D eigenvalue weighted by atomic mass is 28.3. The van der Waals surface area contributed by atoms with Crippen LogP contribution in [0.2, 0.25) is 19.6 Å². The molecular formula is C22H39NO5Si. The Kier molecular flexibility index (Phi) is 5.69. The molecule has 29 heavy (non-hydrogen) atoms. The van der Waals surface area contributed by atoms with Crippen LogP contribution in [0.5, 0.6) is 0 Å². The molecule has 4 aliphatic heterocycles. The minimum Gasteiger partial charge on any atom is -0.359 e. The average molecular weight is 426 g/mol. The van der Waals surface area contributed by atoms with Crippen molar-refractivity contribution < 1.29 is 24.0 Å². The molecule has 4 heterocycles. The summed E-state index contributed by atoms with van der Waals surface area (Å²) in [6, 6.07) is 0. The van der Waals surface area contributed by atoms with Gasteiger partial charge in [-0.05, 0) is 50.4 Å². The third-order valence-corrected chi connectivity index (χ3v) is 9.00. The summed E-state index contributed by atoms with van der Waals surface area (Å²) in [5.74, 6) is 0.992. The molecule has 6 nitrogen and oxygen atoms in total. The largest absolute Gasteiger partial charge is 0.359 e. The molecule has 7 heteroatoms. The van der Waals surface area contributed by atoms with E-state index in [9.17, 15) is 4.79 Å². The minimum absolute atomic E-state index is 0.00821. The molecule has 1 N–H and O–H groups in total. The van der Waals surface area contributed by atoms with Gasteiger partial charge in [0.2, 0.25) is 11.7 Å². The first-order valence-electron chi connectivity index (χ1n) is 11.5. The van der Waals surface area contributed by atoms with Gasteiger partial charge in [0.25, 0.3) is 0 Å². The zero-order valence-corrected chi connectivity index (χ0v) is 20.0. The lowest BCUT2D eigenvalue weighted by Gasteiger charge is -2.60. The van der Waals surface area contributed by atoms with Gasteiger partial charge < -0.3 is 14.8 Å². The molecule has 166 valence electrons. The Morgan fingerprint density at radius 3 is 2.59 bits per heavy atom. The van der Waals surface area contributed by atoms with Gasteiger partial charge in [-0.3, -0.25) is 4.79 Å². The molecule has 1 amide bonds. The van der Waals surface area contributed by atoms with Crippen LogP contribution in [0.15, 0.2) is 0 Å². The van der Waals surface area contributed by atoms with Crippen LogP contribution < -0.4 is 5.32 Å². The van der Waals surface area contributed by atoms with Crippen molar-refractivity contribution in [2.75, 3.05) is 6.17 Å². The summed E-state index contributed by atoms with van der Waals surface area (Å²) in [7, 11) is -1.29. The summed E-state index contributed by atoms with van der Waals surface area (Å²) >= 11 is 0. The molecule has 5 fully saturated rings. The zero-order valence-electron chi connectivity index (χ0n) is 19.0. The van der Waals surface area contributed by atoms with Gasteiger partial charge in [0.1, 0.15) is 0 Å². The van der Waals surface area contributed by atoms with Crippen LogP contribution in [0, 0.1) is 23.7 Å². The highest BCUT2D eigenvalue weighted by Gasteiger charge is 2.69. The number of nitrogens with one attached hydrogen (secondary N) is 1. The van der Waals surface area contributed by atoms with Crippen LogP contribution in [-0.2, 0) is 24.0 Å². The summed E-state index contributed by atoms with van der Waals surface area (Å²) < 4.78 is 12.9. The molecule has 8 atom stereocenters. The van der Waals surface area contributed by atoms with Gasteiger partial charge >= 0.3 is 0 Å². The van der Waals surface area contributed by atoms with E-state index < -0.39 is 25.8 Å². The lowest BCUT2D eigenvalue weighted by molar-refractivity contribution is -0.571. The van der Waals surface area contributed by atoms with Crippen LogP contribution in [0.4, 0.5) is 0 Å². The number of ether oxygens (including phenoxy) is 2. The fraction of sp³-hybridized carbons (Fsp3) is 0.955. The summed E-state index contributed by atoms with van der Waals surface area (Å²) in [6.07, 6.45) is 5.83. The normalized spacial score (nSPS) is 46.7. The Bertz CT molecular complexity index is 639. The molecule has 0 aromatic heterocycles. The Morgan fingerprint density at radius 2 is 1.86 bits per heavy atom. The first kappa shape index (κ1) is 21.7. The lowest BCUT2D eigenvalue weighted by atomic mass is 9.57. The van der Waals surface area contributed by atoms with Gasteiger partial charge in [0.05, 0.1) is 14.2 Å². The van der Waals surface area contributed by atoms with Crippen molar-refractivity contribution in [1.82, 2.24) is 5.32 Å². The van der Waals surface area contributed by atoms with Crippen molar-refractivity contribution in [3.63, 3.8) is 0 Å². The molecule has 5 rings (SSSR count). The standard InChI is InChI=1S/C22H39NO5Si/c1-14-7-8-17-15(2)18(9-10-19(24)23-13-29(4,5)6)25-20-22(17)16(14)11-12-21(3,26-20)27-28-22/h14-18,20H,7-13H2,1-6H3,(H,23,24)/t14-,15-,16+,17+,18-,20-,21+,22-/m1/s1. The number of hydrogen-bond acceptors (Lipinski definition) is 5. The second kappa shape index (κ2) is 7.59. The Balaban J connectivity index is 1.48. The van der Waals surface area contributed by atoms with Gasteiger partial charge in [-0.1, -0.05) is 33.5 Å². The molecule has 1 saturated carbocycles. The molecular weight excluding hydrogens is 386 g/mol. The maximum atomic E-state index is 12.4.